The molecule has 2 N–H and O–H groups in total. The molecule has 0 atom stereocenters. The Hall–Kier alpha value is -13.8. The zero-order valence-corrected chi connectivity index (χ0v) is 48.7. The minimum Gasteiger partial charge on any atom is -0.459 e. The van der Waals surface area contributed by atoms with E-state index in [1.165, 1.54) is 28.4 Å². The molecule has 2 aliphatic rings. The fourth-order valence-corrected chi connectivity index (χ4v) is 10.3. The molecule has 442 valence electrons. The molecule has 0 saturated carbocycles. The number of carbonyl (C=O) groups excluding carboxylic acids is 4. The van der Waals surface area contributed by atoms with Crippen molar-refractivity contribution in [3.8, 4) is 115 Å². The van der Waals surface area contributed by atoms with Gasteiger partial charge >= 0.3 is 23.9 Å². The fourth-order valence-electron chi connectivity index (χ4n) is 10.3. The highest BCUT2D eigenvalue weighted by atomic mass is 16.5. The van der Waals surface area contributed by atoms with E-state index in [1.54, 1.807) is 43.5 Å². The molecule has 24 heteroatoms. The van der Waals surface area contributed by atoms with Crippen LogP contribution >= 0.6 is 0 Å². The van der Waals surface area contributed by atoms with Gasteiger partial charge in [-0.05, 0) is 96.5 Å². The molecule has 8 bridgehead atoms. The van der Waals surface area contributed by atoms with Crippen LogP contribution in [0.4, 0.5) is 0 Å². The predicted octanol–water partition coefficient (Wildman–Crippen LogP) is 7.74. The SMILES string of the molecule is COC(=O)C#Cc1cn(-c2ccccc2-c2c3nc(c(-c4ccccc4-n4cc(C#CC(=O)OC)nn4)c4ccc([nH]4)c(-c4ccccc4-n4cc(C#CC(=O)OC)nn4)c4nc(c(-c5ccccc5-n5cc(C#CC(=O)OC)nn5)c5ccc2[nH]5)C=C4)C=C3)nn1. The highest BCUT2D eigenvalue weighted by Crippen LogP contribution is 2.42. The summed E-state index contributed by atoms with van der Waals surface area (Å²) in [6.07, 6.45) is 14.2. The van der Waals surface area contributed by atoms with E-state index in [0.717, 1.165) is 0 Å². The Labute approximate surface area is 520 Å². The van der Waals surface area contributed by atoms with Crippen molar-refractivity contribution in [2.75, 3.05) is 28.4 Å². The summed E-state index contributed by atoms with van der Waals surface area (Å²) in [5.41, 5.74) is 13.1. The monoisotopic (exact) mass is 1210 g/mol. The normalized spacial score (nSPS) is 11.0. The number of carbonyl (C=O) groups is 4. The van der Waals surface area contributed by atoms with Gasteiger partial charge in [0.05, 0.1) is 98.8 Å². The maximum absolute atomic E-state index is 12.1. The molecule has 24 nitrogen and oxygen atoms in total. The lowest BCUT2D eigenvalue weighted by molar-refractivity contribution is -0.134. The fraction of sp³-hybridized carbons (Fsp3) is 0.0588. The summed E-state index contributed by atoms with van der Waals surface area (Å²) in [4.78, 5) is 67.1. The number of hydrogen-bond acceptors (Lipinski definition) is 18. The lowest BCUT2D eigenvalue weighted by Crippen LogP contribution is -2.00. The van der Waals surface area contributed by atoms with Crippen molar-refractivity contribution in [3.05, 3.63) is 192 Å². The minimum absolute atomic E-state index is 0.218. The van der Waals surface area contributed by atoms with Crippen LogP contribution in [0.1, 0.15) is 45.6 Å². The third kappa shape index (κ3) is 11.4. The quantitative estimate of drug-likeness (QED) is 0.0835. The van der Waals surface area contributed by atoms with E-state index in [1.807, 2.05) is 146 Å². The molecule has 0 aliphatic carbocycles. The van der Waals surface area contributed by atoms with Crippen molar-refractivity contribution < 1.29 is 38.1 Å². The van der Waals surface area contributed by atoms with Crippen LogP contribution in [0.2, 0.25) is 0 Å². The Morgan fingerprint density at radius 2 is 0.565 bits per heavy atom. The first kappa shape index (κ1) is 57.2. The molecule has 0 spiro atoms. The zero-order chi connectivity index (χ0) is 63.2. The highest BCUT2D eigenvalue weighted by molar-refractivity contribution is 6.03. The summed E-state index contributed by atoms with van der Waals surface area (Å²) < 4.78 is 25.3. The highest BCUT2D eigenvalue weighted by Gasteiger charge is 2.25. The maximum atomic E-state index is 12.1. The molecule has 4 aromatic carbocycles. The predicted molar refractivity (Wildman–Crippen MR) is 336 cm³/mol. The van der Waals surface area contributed by atoms with Crippen LogP contribution in [-0.4, -0.2) is 132 Å². The molecule has 11 aromatic rings. The van der Waals surface area contributed by atoms with Crippen LogP contribution in [0.5, 0.6) is 0 Å². The first-order chi connectivity index (χ1) is 45.0. The second kappa shape index (κ2) is 24.9. The lowest BCUT2D eigenvalue weighted by Gasteiger charge is -2.12. The van der Waals surface area contributed by atoms with Crippen LogP contribution in [0, 0.1) is 47.4 Å². The first-order valence-corrected chi connectivity index (χ1v) is 27.7. The Morgan fingerprint density at radius 1 is 0.337 bits per heavy atom. The largest absolute Gasteiger partial charge is 0.459 e. The summed E-state index contributed by atoms with van der Waals surface area (Å²) in [7, 11) is 4.98. The molecule has 2 aliphatic heterocycles. The Kier molecular flexibility index (Phi) is 15.5. The van der Waals surface area contributed by atoms with Crippen LogP contribution in [-0.2, 0) is 38.1 Å². The van der Waals surface area contributed by atoms with Crippen molar-refractivity contribution in [2.24, 2.45) is 0 Å². The smallest absolute Gasteiger partial charge is 0.384 e. The van der Waals surface area contributed by atoms with Gasteiger partial charge in [0.1, 0.15) is 0 Å². The van der Waals surface area contributed by atoms with Gasteiger partial charge in [0.2, 0.25) is 0 Å². The van der Waals surface area contributed by atoms with E-state index in [9.17, 15) is 19.2 Å². The Balaban J connectivity index is 1.14. The van der Waals surface area contributed by atoms with Crippen molar-refractivity contribution in [1.82, 2.24) is 79.9 Å². The average Bonchev–Trinajstić information content (AvgIpc) is 1.57. The second-order valence-corrected chi connectivity index (χ2v) is 19.7. The molecule has 9 heterocycles. The van der Waals surface area contributed by atoms with Crippen molar-refractivity contribution in [3.63, 3.8) is 0 Å². The van der Waals surface area contributed by atoms with Crippen molar-refractivity contribution >= 4 is 70.2 Å². The molecular formula is C68H42N16O8. The number of aromatic nitrogens is 16. The number of aromatic amines is 2. The van der Waals surface area contributed by atoms with Crippen LogP contribution in [0.25, 0.3) is 114 Å². The van der Waals surface area contributed by atoms with Gasteiger partial charge in [-0.25, -0.2) is 47.9 Å². The van der Waals surface area contributed by atoms with Gasteiger partial charge in [0, 0.05) is 90.3 Å². The number of nitrogens with one attached hydrogen (secondary N) is 2. The van der Waals surface area contributed by atoms with Gasteiger partial charge in [0.15, 0.2) is 22.8 Å². The van der Waals surface area contributed by atoms with Crippen LogP contribution < -0.4 is 0 Å². The number of benzene rings is 4. The third-order valence-corrected chi connectivity index (χ3v) is 14.3. The van der Waals surface area contributed by atoms with E-state index in [-0.39, 0.29) is 22.8 Å². The first-order valence-electron chi connectivity index (χ1n) is 27.7. The molecule has 0 amide bonds. The molecule has 13 rings (SSSR count). The van der Waals surface area contributed by atoms with Gasteiger partial charge in [-0.3, -0.25) is 0 Å². The molecule has 0 unspecified atom stereocenters. The second-order valence-electron chi connectivity index (χ2n) is 19.7. The molecule has 0 radical (unpaired) electrons. The molecule has 0 fully saturated rings. The summed E-state index contributed by atoms with van der Waals surface area (Å²) in [5, 5.41) is 35.0. The van der Waals surface area contributed by atoms with E-state index in [4.69, 9.17) is 28.9 Å². The van der Waals surface area contributed by atoms with Crippen LogP contribution in [0.15, 0.2) is 146 Å². The Morgan fingerprint density at radius 3 is 0.793 bits per heavy atom. The van der Waals surface area contributed by atoms with E-state index >= 15 is 0 Å². The molecule has 7 aromatic heterocycles. The number of methoxy groups -OCH3 is 4. The van der Waals surface area contributed by atoms with Gasteiger partial charge in [-0.2, -0.15) is 0 Å². The lowest BCUT2D eigenvalue weighted by atomic mass is 10.0. The molecule has 0 saturated heterocycles. The van der Waals surface area contributed by atoms with Crippen molar-refractivity contribution in [2.45, 2.75) is 0 Å². The van der Waals surface area contributed by atoms with Crippen molar-refractivity contribution in [1.29, 1.82) is 0 Å². The average molecular weight is 1210 g/mol. The van der Waals surface area contributed by atoms with E-state index in [2.05, 4.69) is 98.6 Å². The van der Waals surface area contributed by atoms with E-state index in [0.29, 0.717) is 112 Å². The van der Waals surface area contributed by atoms with Gasteiger partial charge in [-0.1, -0.05) is 93.6 Å². The summed E-state index contributed by atoms with van der Waals surface area (Å²) >= 11 is 0. The number of esters is 4. The number of nitrogens with zero attached hydrogens (tertiary/aromatic N) is 14. The zero-order valence-electron chi connectivity index (χ0n) is 48.7. The number of para-hydroxylation sites is 4. The number of rotatable bonds is 8. The number of ether oxygens (including phenoxy) is 4. The third-order valence-electron chi connectivity index (χ3n) is 14.3. The van der Waals surface area contributed by atoms with Gasteiger partial charge in [-0.15, -0.1) is 20.4 Å². The number of fused-ring (bicyclic) bond motifs is 8. The molecular weight excluding hydrogens is 1170 g/mol. The summed E-state index contributed by atoms with van der Waals surface area (Å²) in [5.74, 6) is 17.7. The van der Waals surface area contributed by atoms with Gasteiger partial charge in [0.25, 0.3) is 0 Å². The number of hydrogen-bond donors (Lipinski definition) is 2. The van der Waals surface area contributed by atoms with Gasteiger partial charge < -0.3 is 28.9 Å². The minimum atomic E-state index is -0.733. The summed E-state index contributed by atoms with van der Waals surface area (Å²) in [6, 6.07) is 38.3. The van der Waals surface area contributed by atoms with Crippen LogP contribution in [0.3, 0.4) is 0 Å². The summed E-state index contributed by atoms with van der Waals surface area (Å²) in [6.45, 7) is 0. The standard InChI is InChI=1S/C68H42N16O8/c1-89-61(85)33-21-41-37-81(77-73-41)57-17-9-5-13-45(57)65-49-25-27-51(69-49)66(46-14-6-10-18-58(46)82-38-42(74-78-82)22-34-62(86)90-2)53-29-31-55(71-53)68(48-16-8-12-20-60(48)84-40-44(76-80-84)24-36-64(88)92-4)56-32-30-54(72-56)67(52-28-26-50(65)70-52)47-15-7-11-19-59(47)83-39-43(75-79-83)23-35-63(87)91-3/h5-20,25-32,37-40,69,72H,1-4H3. The molecule has 92 heavy (non-hydrogen) atoms. The Bertz CT molecular complexity index is 4740. The van der Waals surface area contributed by atoms with E-state index < -0.39 is 23.9 Å². The maximum Gasteiger partial charge on any atom is 0.384 e. The number of H-pyrrole nitrogens is 2. The topological polar surface area (TPSA) is 285 Å².